The number of hydrogen-bond donors (Lipinski definition) is 1. The van der Waals surface area contributed by atoms with Gasteiger partial charge in [0.2, 0.25) is 10.0 Å². The second-order valence-corrected chi connectivity index (χ2v) is 7.89. The molecule has 2 rings (SSSR count). The summed E-state index contributed by atoms with van der Waals surface area (Å²) >= 11 is 6.38. The molecule has 0 aromatic heterocycles. The molecule has 124 valence electrons. The van der Waals surface area contributed by atoms with Crippen molar-refractivity contribution in [1.82, 2.24) is 4.72 Å². The molecule has 0 atom stereocenters. The lowest BCUT2D eigenvalue weighted by atomic mass is 10.2. The van der Waals surface area contributed by atoms with E-state index in [0.29, 0.717) is 14.5 Å². The van der Waals surface area contributed by atoms with Crippen molar-refractivity contribution in [2.24, 2.45) is 0 Å². The fourth-order valence-corrected chi connectivity index (χ4v) is 4.30. The van der Waals surface area contributed by atoms with Gasteiger partial charge in [0.1, 0.15) is 5.75 Å². The van der Waals surface area contributed by atoms with Crippen LogP contribution >= 0.6 is 31.9 Å². The van der Waals surface area contributed by atoms with E-state index in [9.17, 15) is 17.2 Å². The molecule has 0 bridgehead atoms. The minimum absolute atomic E-state index is 0.0409. The predicted molar refractivity (Wildman–Crippen MR) is 88.9 cm³/mol. The van der Waals surface area contributed by atoms with Crippen molar-refractivity contribution >= 4 is 41.9 Å². The molecule has 0 saturated carbocycles. The van der Waals surface area contributed by atoms with Crippen molar-refractivity contribution in [2.75, 3.05) is 0 Å². The fraction of sp³-hybridized carbons (Fsp3) is 0.143. The second kappa shape index (κ2) is 7.69. The van der Waals surface area contributed by atoms with Crippen molar-refractivity contribution in [3.05, 3.63) is 57.0 Å². The Balaban J connectivity index is 2.22. The molecular formula is C14H11Br2F2NO3S. The van der Waals surface area contributed by atoms with Gasteiger partial charge in [-0.3, -0.25) is 0 Å². The standard InChI is InChI=1S/C14H11Br2F2NO3S/c15-10-5-6-11(16)13(7-10)23(20,21)19-8-9-3-1-2-4-12(9)22-14(17)18/h1-7,14,19H,8H2. The van der Waals surface area contributed by atoms with Gasteiger partial charge in [0.25, 0.3) is 0 Å². The molecule has 0 radical (unpaired) electrons. The lowest BCUT2D eigenvalue weighted by molar-refractivity contribution is -0.0504. The Hall–Kier alpha value is -1.03. The number of hydrogen-bond acceptors (Lipinski definition) is 3. The molecule has 0 heterocycles. The number of halogens is 4. The maximum Gasteiger partial charge on any atom is 0.387 e. The molecule has 0 unspecified atom stereocenters. The summed E-state index contributed by atoms with van der Waals surface area (Å²) in [4.78, 5) is 0.0409. The van der Waals surface area contributed by atoms with Crippen LogP contribution in [0.1, 0.15) is 5.56 Å². The molecule has 0 amide bonds. The Morgan fingerprint density at radius 2 is 1.83 bits per heavy atom. The summed E-state index contributed by atoms with van der Waals surface area (Å²) in [7, 11) is -3.83. The number of ether oxygens (including phenoxy) is 1. The van der Waals surface area contributed by atoms with Crippen molar-refractivity contribution in [3.63, 3.8) is 0 Å². The average molecular weight is 471 g/mol. The summed E-state index contributed by atoms with van der Waals surface area (Å²) in [5, 5.41) is 0. The van der Waals surface area contributed by atoms with Crippen LogP contribution in [-0.4, -0.2) is 15.0 Å². The van der Waals surface area contributed by atoms with Crippen molar-refractivity contribution in [2.45, 2.75) is 18.1 Å². The van der Waals surface area contributed by atoms with Crippen LogP contribution in [-0.2, 0) is 16.6 Å². The van der Waals surface area contributed by atoms with Gasteiger partial charge >= 0.3 is 6.61 Å². The maximum atomic E-state index is 12.4. The van der Waals surface area contributed by atoms with Gasteiger partial charge in [-0.2, -0.15) is 8.78 Å². The van der Waals surface area contributed by atoms with E-state index in [4.69, 9.17) is 0 Å². The summed E-state index contributed by atoms with van der Waals surface area (Å²) in [5.41, 5.74) is 0.308. The number of rotatable bonds is 6. The van der Waals surface area contributed by atoms with E-state index in [0.717, 1.165) is 0 Å². The molecule has 1 N–H and O–H groups in total. The van der Waals surface area contributed by atoms with Gasteiger partial charge in [-0.25, -0.2) is 13.1 Å². The van der Waals surface area contributed by atoms with Gasteiger partial charge in [-0.05, 0) is 40.2 Å². The highest BCUT2D eigenvalue weighted by Crippen LogP contribution is 2.26. The summed E-state index contributed by atoms with van der Waals surface area (Å²) < 4.78 is 57.2. The Morgan fingerprint density at radius 3 is 2.52 bits per heavy atom. The van der Waals surface area contributed by atoms with Gasteiger partial charge in [-0.15, -0.1) is 0 Å². The molecule has 2 aromatic carbocycles. The molecular weight excluding hydrogens is 460 g/mol. The topological polar surface area (TPSA) is 55.4 Å². The van der Waals surface area contributed by atoms with Crippen molar-refractivity contribution < 1.29 is 21.9 Å². The van der Waals surface area contributed by atoms with Crippen LogP contribution in [0.15, 0.2) is 56.3 Å². The molecule has 23 heavy (non-hydrogen) atoms. The van der Waals surface area contributed by atoms with E-state index in [2.05, 4.69) is 41.3 Å². The SMILES string of the molecule is O=S(=O)(NCc1ccccc1OC(F)F)c1cc(Br)ccc1Br. The average Bonchev–Trinajstić information content (AvgIpc) is 2.48. The van der Waals surface area contributed by atoms with Gasteiger partial charge in [0.05, 0.1) is 4.90 Å². The van der Waals surface area contributed by atoms with Gasteiger partial charge in [-0.1, -0.05) is 34.1 Å². The fourth-order valence-electron chi connectivity index (χ4n) is 1.79. The summed E-state index contributed by atoms with van der Waals surface area (Å²) in [6, 6.07) is 10.7. The van der Waals surface area contributed by atoms with E-state index < -0.39 is 16.6 Å². The Morgan fingerprint density at radius 1 is 1.13 bits per heavy atom. The number of alkyl halides is 2. The number of para-hydroxylation sites is 1. The van der Waals surface area contributed by atoms with Crippen molar-refractivity contribution in [1.29, 1.82) is 0 Å². The van der Waals surface area contributed by atoms with Gasteiger partial charge in [0.15, 0.2) is 0 Å². The highest BCUT2D eigenvalue weighted by molar-refractivity contribution is 9.11. The largest absolute Gasteiger partial charge is 0.434 e. The first-order valence-corrected chi connectivity index (χ1v) is 9.34. The first-order valence-electron chi connectivity index (χ1n) is 6.27. The summed E-state index contributed by atoms with van der Waals surface area (Å²) in [6.07, 6.45) is 0. The molecule has 9 heteroatoms. The Bertz CT molecular complexity index is 800. The van der Waals surface area contributed by atoms with E-state index >= 15 is 0 Å². The molecule has 0 spiro atoms. The molecule has 4 nitrogen and oxygen atoms in total. The third-order valence-corrected chi connectivity index (χ3v) is 5.71. The number of benzene rings is 2. The first kappa shape index (κ1) is 18.3. The Labute approximate surface area is 149 Å². The van der Waals surface area contributed by atoms with E-state index in [1.165, 1.54) is 24.3 Å². The molecule has 0 aliphatic carbocycles. The number of nitrogens with one attached hydrogen (secondary N) is 1. The van der Waals surface area contributed by atoms with Gasteiger partial charge < -0.3 is 4.74 Å². The monoisotopic (exact) mass is 469 g/mol. The highest BCUT2D eigenvalue weighted by Gasteiger charge is 2.19. The van der Waals surface area contributed by atoms with Crippen LogP contribution in [0, 0.1) is 0 Å². The Kier molecular flexibility index (Phi) is 6.12. The maximum absolute atomic E-state index is 12.4. The molecule has 0 aliphatic rings. The van der Waals surface area contributed by atoms with Gasteiger partial charge in [0, 0.05) is 21.1 Å². The van der Waals surface area contributed by atoms with E-state index in [1.807, 2.05) is 0 Å². The van der Waals surface area contributed by atoms with Crippen LogP contribution in [0.5, 0.6) is 5.75 Å². The molecule has 0 aliphatic heterocycles. The zero-order valence-electron chi connectivity index (χ0n) is 11.5. The number of sulfonamides is 1. The van der Waals surface area contributed by atoms with E-state index in [1.54, 1.807) is 18.2 Å². The normalized spacial score (nSPS) is 11.7. The first-order chi connectivity index (χ1) is 10.8. The minimum Gasteiger partial charge on any atom is -0.434 e. The quantitative estimate of drug-likeness (QED) is 0.685. The zero-order valence-corrected chi connectivity index (χ0v) is 15.5. The second-order valence-electron chi connectivity index (χ2n) is 4.39. The van der Waals surface area contributed by atoms with Crippen LogP contribution in [0.3, 0.4) is 0 Å². The van der Waals surface area contributed by atoms with Crippen LogP contribution < -0.4 is 9.46 Å². The highest BCUT2D eigenvalue weighted by atomic mass is 79.9. The van der Waals surface area contributed by atoms with Crippen LogP contribution in [0.2, 0.25) is 0 Å². The minimum atomic E-state index is -3.83. The van der Waals surface area contributed by atoms with E-state index in [-0.39, 0.29) is 17.2 Å². The van der Waals surface area contributed by atoms with Crippen molar-refractivity contribution in [3.8, 4) is 5.75 Å². The predicted octanol–water partition coefficient (Wildman–Crippen LogP) is 4.29. The molecule has 0 saturated heterocycles. The molecule has 2 aromatic rings. The van der Waals surface area contributed by atoms with Crippen LogP contribution in [0.25, 0.3) is 0 Å². The lowest BCUT2D eigenvalue weighted by Crippen LogP contribution is -2.24. The third-order valence-electron chi connectivity index (χ3n) is 2.82. The van der Waals surface area contributed by atoms with Crippen LogP contribution in [0.4, 0.5) is 8.78 Å². The summed E-state index contributed by atoms with van der Waals surface area (Å²) in [6.45, 7) is -3.16. The smallest absolute Gasteiger partial charge is 0.387 e. The summed E-state index contributed by atoms with van der Waals surface area (Å²) in [5.74, 6) is -0.0708. The lowest BCUT2D eigenvalue weighted by Gasteiger charge is -2.12. The molecule has 0 fully saturated rings. The zero-order chi connectivity index (χ0) is 17.0. The third kappa shape index (κ3) is 4.97.